The third kappa shape index (κ3) is 12.9. The number of ether oxygens (including phenoxy) is 6. The van der Waals surface area contributed by atoms with Crippen molar-refractivity contribution in [1.82, 2.24) is 4.98 Å². The van der Waals surface area contributed by atoms with Crippen LogP contribution in [0, 0.1) is 17.8 Å². The molecular weight excluding hydrogens is 783 g/mol. The fourth-order valence-corrected chi connectivity index (χ4v) is 8.69. The van der Waals surface area contributed by atoms with Crippen LogP contribution in [0.25, 0.3) is 10.2 Å². The van der Waals surface area contributed by atoms with Gasteiger partial charge >= 0.3 is 17.9 Å². The number of carbonyl (C=O) groups is 3. The van der Waals surface area contributed by atoms with E-state index in [0.717, 1.165) is 35.1 Å². The molecule has 0 spiro atoms. The Balaban J connectivity index is 1.08. The first-order valence-corrected chi connectivity index (χ1v) is 22.0. The van der Waals surface area contributed by atoms with Gasteiger partial charge in [0.25, 0.3) is 0 Å². The van der Waals surface area contributed by atoms with Gasteiger partial charge in [-0.2, -0.15) is 5.10 Å². The largest absolute Gasteiger partial charge is 0.493 e. The van der Waals surface area contributed by atoms with Gasteiger partial charge in [-0.3, -0.25) is 9.59 Å². The van der Waals surface area contributed by atoms with Crippen LogP contribution in [-0.2, 0) is 28.6 Å². The van der Waals surface area contributed by atoms with Crippen LogP contribution in [0.15, 0.2) is 84.5 Å². The number of benzene rings is 3. The van der Waals surface area contributed by atoms with E-state index in [4.69, 9.17) is 38.5 Å². The SMILES string of the molecule is C=CC(=O)OCCCOc1ccc(OC(=O)C2CCC(C(=O)Oc3ccc(C4CCC(CCC)CC4)cc3/C=N/N(COCCOC)c3nc4ccccc4s3)CC2)cc1. The summed E-state index contributed by atoms with van der Waals surface area (Å²) < 4.78 is 34.6. The van der Waals surface area contributed by atoms with Crippen LogP contribution in [-0.4, -0.2) is 69.4 Å². The molecule has 12 nitrogen and oxygen atoms in total. The zero-order valence-electron chi connectivity index (χ0n) is 34.8. The average molecular weight is 840 g/mol. The molecule has 4 aromatic rings. The fraction of sp³-hybridized carbons (Fsp3) is 0.468. The van der Waals surface area contributed by atoms with Crippen LogP contribution in [0.1, 0.15) is 94.6 Å². The number of hydrazone groups is 1. The summed E-state index contributed by atoms with van der Waals surface area (Å²) in [5, 5.41) is 7.30. The molecule has 13 heteroatoms. The molecule has 2 aliphatic carbocycles. The van der Waals surface area contributed by atoms with Gasteiger partial charge in [0.2, 0.25) is 5.13 Å². The average Bonchev–Trinajstić information content (AvgIpc) is 3.71. The standard InChI is InChI=1S/C47H57N3O9S/c1-4-9-33-12-14-34(15-13-33)37-20-25-42(38(30-37)31-48-50(32-55-29-28-54-3)47-49-41-10-6-7-11-43(41)60-47)59-46(53)36-18-16-35(17-19-36)45(52)58-40-23-21-39(22-24-40)56-26-8-27-57-44(51)5-2/h5-7,10-11,20-25,30-31,33-36H,2,4,8-9,12-19,26-29,32H2,1,3H3/b48-31+. The lowest BCUT2D eigenvalue weighted by atomic mass is 9.77. The summed E-state index contributed by atoms with van der Waals surface area (Å²) in [7, 11) is 1.64. The molecule has 6 rings (SSSR count). The molecule has 60 heavy (non-hydrogen) atoms. The second kappa shape index (κ2) is 23.0. The van der Waals surface area contributed by atoms with Crippen molar-refractivity contribution in [3.05, 3.63) is 90.5 Å². The summed E-state index contributed by atoms with van der Waals surface area (Å²) in [6.45, 7) is 7.25. The van der Waals surface area contributed by atoms with Gasteiger partial charge in [0, 0.05) is 25.2 Å². The molecule has 0 N–H and O–H groups in total. The minimum atomic E-state index is -0.466. The summed E-state index contributed by atoms with van der Waals surface area (Å²) in [5.41, 5.74) is 2.81. The van der Waals surface area contributed by atoms with Crippen molar-refractivity contribution in [2.24, 2.45) is 22.9 Å². The van der Waals surface area contributed by atoms with Crippen molar-refractivity contribution in [1.29, 1.82) is 0 Å². The Labute approximate surface area is 356 Å². The highest BCUT2D eigenvalue weighted by atomic mass is 32.1. The number of methoxy groups -OCH3 is 1. The molecule has 0 amide bonds. The quantitative estimate of drug-likeness (QED) is 0.0151. The summed E-state index contributed by atoms with van der Waals surface area (Å²) in [5.74, 6) is 0.927. The van der Waals surface area contributed by atoms with Crippen LogP contribution < -0.4 is 19.2 Å². The maximum absolute atomic E-state index is 13.7. The van der Waals surface area contributed by atoms with Gasteiger partial charge in [-0.1, -0.05) is 55.9 Å². The second-order valence-electron chi connectivity index (χ2n) is 15.4. The number of aromatic nitrogens is 1. The fourth-order valence-electron chi connectivity index (χ4n) is 7.78. The Hall–Kier alpha value is -5.11. The number of esters is 3. The van der Waals surface area contributed by atoms with Gasteiger partial charge in [-0.15, -0.1) is 0 Å². The number of para-hydroxylation sites is 1. The van der Waals surface area contributed by atoms with Gasteiger partial charge in [-0.05, 0) is 117 Å². The normalized spacial score (nSPS) is 19.2. The minimum Gasteiger partial charge on any atom is -0.493 e. The number of nitrogens with zero attached hydrogens (tertiary/aromatic N) is 3. The van der Waals surface area contributed by atoms with E-state index >= 15 is 0 Å². The van der Waals surface area contributed by atoms with E-state index in [1.54, 1.807) is 42.6 Å². The molecule has 2 saturated carbocycles. The molecule has 320 valence electrons. The number of hydrogen-bond acceptors (Lipinski definition) is 13. The van der Waals surface area contributed by atoms with E-state index < -0.39 is 5.97 Å². The Bertz CT molecular complexity index is 2000. The number of fused-ring (bicyclic) bond motifs is 1. The van der Waals surface area contributed by atoms with E-state index in [-0.39, 0.29) is 37.1 Å². The number of hydrogen-bond donors (Lipinski definition) is 0. The molecule has 1 heterocycles. The van der Waals surface area contributed by atoms with Crippen LogP contribution in [0.4, 0.5) is 5.13 Å². The maximum Gasteiger partial charge on any atom is 0.330 e. The Morgan fingerprint density at radius 2 is 1.57 bits per heavy atom. The van der Waals surface area contributed by atoms with Crippen molar-refractivity contribution in [2.45, 2.75) is 83.5 Å². The smallest absolute Gasteiger partial charge is 0.330 e. The lowest BCUT2D eigenvalue weighted by molar-refractivity contribution is -0.145. The van der Waals surface area contributed by atoms with Crippen molar-refractivity contribution < 1.29 is 42.8 Å². The summed E-state index contributed by atoms with van der Waals surface area (Å²) in [6, 6.07) is 20.9. The van der Waals surface area contributed by atoms with E-state index in [0.29, 0.717) is 85.8 Å². The highest BCUT2D eigenvalue weighted by molar-refractivity contribution is 7.22. The van der Waals surface area contributed by atoms with Crippen LogP contribution in [0.5, 0.6) is 17.2 Å². The predicted molar refractivity (Wildman–Crippen MR) is 233 cm³/mol. The topological polar surface area (TPSA) is 135 Å². The zero-order valence-corrected chi connectivity index (χ0v) is 35.6. The third-order valence-corrected chi connectivity index (χ3v) is 12.2. The number of thiazole rings is 1. The number of carbonyl (C=O) groups excluding carboxylic acids is 3. The van der Waals surface area contributed by atoms with Crippen LogP contribution in [0.3, 0.4) is 0 Å². The summed E-state index contributed by atoms with van der Waals surface area (Å²) in [6.07, 6.45) is 12.7. The van der Waals surface area contributed by atoms with E-state index in [1.165, 1.54) is 42.6 Å². The zero-order chi connectivity index (χ0) is 42.1. The van der Waals surface area contributed by atoms with E-state index in [2.05, 4.69) is 25.6 Å². The highest BCUT2D eigenvalue weighted by Gasteiger charge is 2.33. The van der Waals surface area contributed by atoms with Gasteiger partial charge < -0.3 is 28.4 Å². The van der Waals surface area contributed by atoms with Crippen LogP contribution in [0.2, 0.25) is 0 Å². The van der Waals surface area contributed by atoms with Gasteiger partial charge in [-0.25, -0.2) is 14.8 Å². The highest BCUT2D eigenvalue weighted by Crippen LogP contribution is 2.39. The van der Waals surface area contributed by atoms with E-state index in [9.17, 15) is 14.4 Å². The molecule has 0 radical (unpaired) electrons. The van der Waals surface area contributed by atoms with Gasteiger partial charge in [0.05, 0.1) is 54.7 Å². The predicted octanol–water partition coefficient (Wildman–Crippen LogP) is 9.65. The molecular formula is C47H57N3O9S. The Morgan fingerprint density at radius 1 is 0.850 bits per heavy atom. The first kappa shape index (κ1) is 44.4. The molecule has 3 aromatic carbocycles. The maximum atomic E-state index is 13.7. The summed E-state index contributed by atoms with van der Waals surface area (Å²) >= 11 is 1.53. The molecule has 0 aliphatic heterocycles. The van der Waals surface area contributed by atoms with Gasteiger partial charge in [0.1, 0.15) is 24.0 Å². The minimum absolute atomic E-state index is 0.166. The number of anilines is 1. The van der Waals surface area contributed by atoms with E-state index in [1.807, 2.05) is 30.3 Å². The molecule has 1 aromatic heterocycles. The molecule has 2 fully saturated rings. The molecule has 0 unspecified atom stereocenters. The first-order chi connectivity index (χ1) is 29.3. The lowest BCUT2D eigenvalue weighted by Gasteiger charge is -2.29. The molecule has 2 aliphatic rings. The Morgan fingerprint density at radius 3 is 2.27 bits per heavy atom. The molecule has 0 saturated heterocycles. The lowest BCUT2D eigenvalue weighted by Crippen LogP contribution is -2.30. The summed E-state index contributed by atoms with van der Waals surface area (Å²) in [4.78, 5) is 42.8. The van der Waals surface area contributed by atoms with Crippen molar-refractivity contribution in [3.8, 4) is 17.2 Å². The first-order valence-electron chi connectivity index (χ1n) is 21.2. The monoisotopic (exact) mass is 839 g/mol. The van der Waals surface area contributed by atoms with Crippen molar-refractivity contribution >= 4 is 50.8 Å². The van der Waals surface area contributed by atoms with Crippen molar-refractivity contribution in [3.63, 3.8) is 0 Å². The third-order valence-electron chi connectivity index (χ3n) is 11.1. The second-order valence-corrected chi connectivity index (χ2v) is 16.4. The number of rotatable bonds is 21. The van der Waals surface area contributed by atoms with Gasteiger partial charge in [0.15, 0.2) is 0 Å². The van der Waals surface area contributed by atoms with Crippen molar-refractivity contribution in [2.75, 3.05) is 45.3 Å². The van der Waals surface area contributed by atoms with Crippen LogP contribution >= 0.6 is 11.3 Å². The molecule has 0 atom stereocenters. The molecule has 0 bridgehead atoms. The Kier molecular flexibility index (Phi) is 17.1.